The molecule has 0 saturated carbocycles. The molecule has 1 aromatic heterocycles. The van der Waals surface area contributed by atoms with Gasteiger partial charge in [0.2, 0.25) is 11.8 Å². The van der Waals surface area contributed by atoms with Crippen LogP contribution in [0.2, 0.25) is 0 Å². The summed E-state index contributed by atoms with van der Waals surface area (Å²) in [6, 6.07) is 4.06. The van der Waals surface area contributed by atoms with Crippen molar-refractivity contribution in [2.45, 2.75) is 39.7 Å². The molecule has 5 heteroatoms. The van der Waals surface area contributed by atoms with Gasteiger partial charge in [-0.25, -0.2) is 0 Å². The second-order valence-corrected chi connectivity index (χ2v) is 5.82. The van der Waals surface area contributed by atoms with Crippen molar-refractivity contribution < 1.29 is 9.15 Å². The van der Waals surface area contributed by atoms with Gasteiger partial charge in [0.1, 0.15) is 5.75 Å². The fourth-order valence-corrected chi connectivity index (χ4v) is 2.11. The monoisotopic (exact) mass is 275 g/mol. The summed E-state index contributed by atoms with van der Waals surface area (Å²) in [7, 11) is 1.68. The molecule has 0 bridgehead atoms. The summed E-state index contributed by atoms with van der Waals surface area (Å²) >= 11 is 0. The van der Waals surface area contributed by atoms with Gasteiger partial charge in [0.05, 0.1) is 13.7 Å². The van der Waals surface area contributed by atoms with Crippen molar-refractivity contribution in [1.82, 2.24) is 10.2 Å². The number of rotatable bonds is 3. The number of hydrogen-bond donors (Lipinski definition) is 1. The van der Waals surface area contributed by atoms with Gasteiger partial charge < -0.3 is 14.9 Å². The minimum atomic E-state index is -0.0372. The molecule has 108 valence electrons. The highest BCUT2D eigenvalue weighted by Crippen LogP contribution is 2.36. The smallest absolute Gasteiger partial charge is 0.248 e. The van der Waals surface area contributed by atoms with E-state index in [1.165, 1.54) is 0 Å². The average Bonchev–Trinajstić information content (AvgIpc) is 2.85. The molecule has 20 heavy (non-hydrogen) atoms. The third kappa shape index (κ3) is 2.67. The van der Waals surface area contributed by atoms with Gasteiger partial charge in [0.25, 0.3) is 0 Å². The van der Waals surface area contributed by atoms with E-state index in [1.54, 1.807) is 7.11 Å². The van der Waals surface area contributed by atoms with Gasteiger partial charge in [0, 0.05) is 11.1 Å². The van der Waals surface area contributed by atoms with Crippen molar-refractivity contribution in [3.63, 3.8) is 0 Å². The van der Waals surface area contributed by atoms with Crippen molar-refractivity contribution in [2.75, 3.05) is 7.11 Å². The summed E-state index contributed by atoms with van der Waals surface area (Å²) in [6.07, 6.45) is 0. The first-order valence-corrected chi connectivity index (χ1v) is 6.58. The van der Waals surface area contributed by atoms with E-state index in [0.29, 0.717) is 11.8 Å². The molecular formula is C15H21N3O2. The summed E-state index contributed by atoms with van der Waals surface area (Å²) in [4.78, 5) is 0. The highest BCUT2D eigenvalue weighted by molar-refractivity contribution is 5.63. The number of hydrogen-bond acceptors (Lipinski definition) is 5. The largest absolute Gasteiger partial charge is 0.496 e. The van der Waals surface area contributed by atoms with Crippen molar-refractivity contribution >= 4 is 0 Å². The van der Waals surface area contributed by atoms with Crippen LogP contribution in [0.15, 0.2) is 16.5 Å². The molecule has 0 aliphatic heterocycles. The Balaban J connectivity index is 2.59. The molecule has 2 aromatic rings. The Morgan fingerprint density at radius 2 is 1.95 bits per heavy atom. The molecule has 0 saturated heterocycles. The Hall–Kier alpha value is -1.88. The zero-order valence-electron chi connectivity index (χ0n) is 12.7. The highest BCUT2D eigenvalue weighted by atomic mass is 16.5. The molecule has 1 heterocycles. The summed E-state index contributed by atoms with van der Waals surface area (Å²) in [5, 5.41) is 7.97. The number of methoxy groups -OCH3 is 1. The van der Waals surface area contributed by atoms with Crippen LogP contribution >= 0.6 is 0 Å². The highest BCUT2D eigenvalue weighted by Gasteiger charge is 2.22. The summed E-state index contributed by atoms with van der Waals surface area (Å²) in [5.74, 6) is 1.81. The molecule has 2 N–H and O–H groups in total. The Bertz CT molecular complexity index is 612. The maximum atomic E-state index is 5.55. The van der Waals surface area contributed by atoms with E-state index in [1.807, 2.05) is 13.0 Å². The maximum absolute atomic E-state index is 5.55. The summed E-state index contributed by atoms with van der Waals surface area (Å²) < 4.78 is 11.0. The van der Waals surface area contributed by atoms with Crippen LogP contribution in [0.3, 0.4) is 0 Å². The predicted octanol–water partition coefficient (Wildman–Crippen LogP) is 2.81. The van der Waals surface area contributed by atoms with Gasteiger partial charge in [-0.05, 0) is 30.0 Å². The molecule has 0 atom stereocenters. The van der Waals surface area contributed by atoms with Gasteiger partial charge in [-0.2, -0.15) is 0 Å². The van der Waals surface area contributed by atoms with Crippen LogP contribution in [0.1, 0.15) is 37.8 Å². The van der Waals surface area contributed by atoms with Crippen molar-refractivity contribution in [1.29, 1.82) is 0 Å². The zero-order chi connectivity index (χ0) is 14.9. The molecule has 0 fully saturated rings. The number of nitrogens with zero attached hydrogens (tertiary/aromatic N) is 2. The lowest BCUT2D eigenvalue weighted by molar-refractivity contribution is 0.397. The number of aryl methyl sites for hydroxylation is 1. The van der Waals surface area contributed by atoms with Crippen LogP contribution in [0, 0.1) is 6.92 Å². The van der Waals surface area contributed by atoms with Crippen molar-refractivity contribution in [3.05, 3.63) is 29.2 Å². The van der Waals surface area contributed by atoms with Crippen LogP contribution in [0.4, 0.5) is 0 Å². The quantitative estimate of drug-likeness (QED) is 0.932. The number of aromatic nitrogens is 2. The van der Waals surface area contributed by atoms with Gasteiger partial charge in [-0.3, -0.25) is 0 Å². The van der Waals surface area contributed by atoms with Crippen LogP contribution < -0.4 is 10.5 Å². The maximum Gasteiger partial charge on any atom is 0.248 e. The first-order valence-electron chi connectivity index (χ1n) is 6.58. The van der Waals surface area contributed by atoms with Gasteiger partial charge in [0.15, 0.2) is 0 Å². The number of ether oxygens (including phenoxy) is 1. The first-order chi connectivity index (χ1) is 9.36. The van der Waals surface area contributed by atoms with E-state index in [2.05, 4.69) is 37.0 Å². The number of nitrogens with two attached hydrogens (primary N) is 1. The Kier molecular flexibility index (Phi) is 3.81. The van der Waals surface area contributed by atoms with Crippen LogP contribution in [0.5, 0.6) is 5.75 Å². The van der Waals surface area contributed by atoms with Crippen LogP contribution in [-0.4, -0.2) is 17.3 Å². The molecule has 0 amide bonds. The summed E-state index contributed by atoms with van der Waals surface area (Å²) in [5.41, 5.74) is 8.52. The van der Waals surface area contributed by atoms with E-state index in [-0.39, 0.29) is 12.0 Å². The van der Waals surface area contributed by atoms with E-state index in [9.17, 15) is 0 Å². The minimum Gasteiger partial charge on any atom is -0.496 e. The van der Waals surface area contributed by atoms with Crippen molar-refractivity contribution in [2.24, 2.45) is 5.73 Å². The zero-order valence-corrected chi connectivity index (χ0v) is 12.7. The lowest BCUT2D eigenvalue weighted by Crippen LogP contribution is -2.13. The molecule has 5 nitrogen and oxygen atoms in total. The standard InChI is InChI=1S/C15H21N3O2/c1-9-6-12(19-5)11(15(2,3)4)7-10(9)14-18-17-13(8-16)20-14/h6-7H,8,16H2,1-5H3. The molecular weight excluding hydrogens is 254 g/mol. The Morgan fingerprint density at radius 3 is 2.45 bits per heavy atom. The van der Waals surface area contributed by atoms with E-state index < -0.39 is 0 Å². The molecule has 0 radical (unpaired) electrons. The second kappa shape index (κ2) is 5.25. The van der Waals surface area contributed by atoms with Gasteiger partial charge in [-0.15, -0.1) is 10.2 Å². The van der Waals surface area contributed by atoms with Crippen molar-refractivity contribution in [3.8, 4) is 17.2 Å². The Labute approximate surface area is 119 Å². The molecule has 0 unspecified atom stereocenters. The minimum absolute atomic E-state index is 0.0372. The fraction of sp³-hybridized carbons (Fsp3) is 0.467. The SMILES string of the molecule is COc1cc(C)c(-c2nnc(CN)o2)cc1C(C)(C)C. The third-order valence-electron chi connectivity index (χ3n) is 3.23. The Morgan fingerprint density at radius 1 is 1.25 bits per heavy atom. The van der Waals surface area contributed by atoms with Crippen LogP contribution in [0.25, 0.3) is 11.5 Å². The van der Waals surface area contributed by atoms with E-state index in [4.69, 9.17) is 14.9 Å². The average molecular weight is 275 g/mol. The molecule has 0 aliphatic carbocycles. The topological polar surface area (TPSA) is 74.2 Å². The first kappa shape index (κ1) is 14.5. The molecule has 0 aliphatic rings. The fourth-order valence-electron chi connectivity index (χ4n) is 2.11. The second-order valence-electron chi connectivity index (χ2n) is 5.82. The molecule has 2 rings (SSSR count). The molecule has 1 aromatic carbocycles. The van der Waals surface area contributed by atoms with E-state index >= 15 is 0 Å². The van der Waals surface area contributed by atoms with Gasteiger partial charge >= 0.3 is 0 Å². The van der Waals surface area contributed by atoms with E-state index in [0.717, 1.165) is 22.4 Å². The normalized spacial score (nSPS) is 11.7. The van der Waals surface area contributed by atoms with Gasteiger partial charge in [-0.1, -0.05) is 20.8 Å². The van der Waals surface area contributed by atoms with Crippen LogP contribution in [-0.2, 0) is 12.0 Å². The molecule has 0 spiro atoms. The lowest BCUT2D eigenvalue weighted by Gasteiger charge is -2.23. The predicted molar refractivity (Wildman–Crippen MR) is 77.6 cm³/mol. The number of benzene rings is 1. The summed E-state index contributed by atoms with van der Waals surface area (Å²) in [6.45, 7) is 8.67. The lowest BCUT2D eigenvalue weighted by atomic mass is 9.84. The third-order valence-corrected chi connectivity index (χ3v) is 3.23.